The zero-order valence-electron chi connectivity index (χ0n) is 21.8. The molecule has 2 N–H and O–H groups in total. The van der Waals surface area contributed by atoms with Gasteiger partial charge in [0.25, 0.3) is 5.91 Å². The minimum absolute atomic E-state index is 0.107. The third kappa shape index (κ3) is 5.11. The first-order chi connectivity index (χ1) is 19.6. The Balaban J connectivity index is 1.24. The highest BCUT2D eigenvalue weighted by atomic mass is 32.2. The fourth-order valence-electron chi connectivity index (χ4n) is 4.93. The van der Waals surface area contributed by atoms with Gasteiger partial charge in [0.2, 0.25) is 5.91 Å². The number of nitrogens with zero attached hydrogens (tertiary/aromatic N) is 1. The maximum Gasteiger partial charge on any atom is 0.291 e. The Morgan fingerprint density at radius 2 is 1.50 bits per heavy atom. The van der Waals surface area contributed by atoms with Crippen LogP contribution in [0.15, 0.2) is 125 Å². The zero-order valence-corrected chi connectivity index (χ0v) is 22.7. The lowest BCUT2D eigenvalue weighted by atomic mass is 10.1. The molecule has 1 atom stereocenters. The van der Waals surface area contributed by atoms with Crippen molar-refractivity contribution in [1.82, 2.24) is 4.57 Å². The molecule has 6 rings (SSSR count). The number of thioether (sulfide) groups is 1. The average molecular weight is 546 g/mol. The van der Waals surface area contributed by atoms with Crippen molar-refractivity contribution in [2.75, 3.05) is 10.6 Å². The van der Waals surface area contributed by atoms with Crippen LogP contribution >= 0.6 is 11.8 Å². The van der Waals surface area contributed by atoms with Gasteiger partial charge in [-0.05, 0) is 73.2 Å². The van der Waals surface area contributed by atoms with E-state index in [1.807, 2.05) is 66.7 Å². The molecular weight excluding hydrogens is 518 g/mol. The number of aryl methyl sites for hydroxylation is 1. The van der Waals surface area contributed by atoms with Gasteiger partial charge in [-0.3, -0.25) is 9.59 Å². The summed E-state index contributed by atoms with van der Waals surface area (Å²) >= 11 is 1.46. The molecule has 6 nitrogen and oxygen atoms in total. The number of para-hydroxylation sites is 1. The van der Waals surface area contributed by atoms with E-state index < -0.39 is 5.25 Å². The highest BCUT2D eigenvalue weighted by Crippen LogP contribution is 2.37. The van der Waals surface area contributed by atoms with E-state index in [0.717, 1.165) is 33.6 Å². The molecule has 0 spiro atoms. The number of furan rings is 1. The minimum atomic E-state index is -0.475. The van der Waals surface area contributed by atoms with E-state index in [2.05, 4.69) is 52.5 Å². The van der Waals surface area contributed by atoms with E-state index in [1.54, 1.807) is 12.1 Å². The van der Waals surface area contributed by atoms with Gasteiger partial charge in [-0.25, -0.2) is 0 Å². The number of carbonyl (C=O) groups excluding carboxylic acids is 2. The highest BCUT2D eigenvalue weighted by Gasteiger charge is 2.23. The average Bonchev–Trinajstić information content (AvgIpc) is 3.64. The fourth-order valence-corrected chi connectivity index (χ4v) is 5.96. The number of rotatable bonds is 8. The van der Waals surface area contributed by atoms with Crippen molar-refractivity contribution in [3.63, 3.8) is 0 Å². The Hall–Kier alpha value is -4.75. The maximum atomic E-state index is 13.7. The smallest absolute Gasteiger partial charge is 0.291 e. The van der Waals surface area contributed by atoms with Crippen LogP contribution in [0.3, 0.4) is 0 Å². The second-order valence-corrected chi connectivity index (χ2v) is 10.5. The molecule has 6 aromatic rings. The standard InChI is InChI=1S/C33H27N3O3S/c1-2-36-28-12-7-6-11-26(28)27-21-24(16-19-29(27)36)35-33(38)31(22-9-4-3-5-10-22)40-25-17-14-23(15-18-25)34-32(37)30-13-8-20-39-30/h3-21,31H,2H2,1H3,(H,34,37)(H,35,38). The Morgan fingerprint density at radius 3 is 2.25 bits per heavy atom. The summed E-state index contributed by atoms with van der Waals surface area (Å²) in [5.41, 5.74) is 4.64. The highest BCUT2D eigenvalue weighted by molar-refractivity contribution is 8.00. The van der Waals surface area contributed by atoms with Gasteiger partial charge in [0.05, 0.1) is 6.26 Å². The van der Waals surface area contributed by atoms with Crippen molar-refractivity contribution in [3.8, 4) is 0 Å². The van der Waals surface area contributed by atoms with Gasteiger partial charge in [0, 0.05) is 44.6 Å². The van der Waals surface area contributed by atoms with Crippen LogP contribution in [-0.4, -0.2) is 16.4 Å². The number of anilines is 2. The SMILES string of the molecule is CCn1c2ccccc2c2cc(NC(=O)C(Sc3ccc(NC(=O)c4ccco4)cc3)c3ccccc3)ccc21. The first-order valence-electron chi connectivity index (χ1n) is 13.1. The molecule has 0 bridgehead atoms. The lowest BCUT2D eigenvalue weighted by molar-refractivity contribution is -0.115. The molecule has 0 saturated carbocycles. The largest absolute Gasteiger partial charge is 0.459 e. The van der Waals surface area contributed by atoms with E-state index in [0.29, 0.717) is 5.69 Å². The van der Waals surface area contributed by atoms with E-state index >= 15 is 0 Å². The summed E-state index contributed by atoms with van der Waals surface area (Å²) in [6.07, 6.45) is 1.46. The molecule has 2 aromatic heterocycles. The number of amides is 2. The van der Waals surface area contributed by atoms with Gasteiger partial charge in [-0.1, -0.05) is 48.5 Å². The lowest BCUT2D eigenvalue weighted by Crippen LogP contribution is -2.19. The second-order valence-electron chi connectivity index (χ2n) is 9.35. The van der Waals surface area contributed by atoms with Gasteiger partial charge in [0.1, 0.15) is 5.25 Å². The third-order valence-corrected chi connectivity index (χ3v) is 8.07. The fraction of sp³-hybridized carbons (Fsp3) is 0.0909. The topological polar surface area (TPSA) is 76.3 Å². The Bertz CT molecular complexity index is 1790. The lowest BCUT2D eigenvalue weighted by Gasteiger charge is -2.17. The molecule has 4 aromatic carbocycles. The molecule has 2 heterocycles. The maximum absolute atomic E-state index is 13.7. The molecule has 2 amide bonds. The monoisotopic (exact) mass is 545 g/mol. The van der Waals surface area contributed by atoms with Crippen molar-refractivity contribution >= 4 is 56.8 Å². The number of aromatic nitrogens is 1. The van der Waals surface area contributed by atoms with E-state index in [-0.39, 0.29) is 17.6 Å². The predicted octanol–water partition coefficient (Wildman–Crippen LogP) is 8.13. The molecular formula is C33H27N3O3S. The molecule has 0 saturated heterocycles. The predicted molar refractivity (Wildman–Crippen MR) is 162 cm³/mol. The van der Waals surface area contributed by atoms with E-state index in [9.17, 15) is 9.59 Å². The van der Waals surface area contributed by atoms with Crippen molar-refractivity contribution in [2.45, 2.75) is 23.6 Å². The number of hydrogen-bond donors (Lipinski definition) is 2. The molecule has 198 valence electrons. The quantitative estimate of drug-likeness (QED) is 0.189. The van der Waals surface area contributed by atoms with Crippen LogP contribution in [0.2, 0.25) is 0 Å². The molecule has 0 aliphatic carbocycles. The Labute approximate surface area is 236 Å². The summed E-state index contributed by atoms with van der Waals surface area (Å²) in [5.74, 6) is -0.173. The summed E-state index contributed by atoms with van der Waals surface area (Å²) in [4.78, 5) is 26.9. The summed E-state index contributed by atoms with van der Waals surface area (Å²) in [5, 5.41) is 7.80. The summed E-state index contributed by atoms with van der Waals surface area (Å²) in [7, 11) is 0. The zero-order chi connectivity index (χ0) is 27.5. The van der Waals surface area contributed by atoms with Crippen LogP contribution in [0.1, 0.15) is 28.3 Å². The molecule has 7 heteroatoms. The van der Waals surface area contributed by atoms with Crippen LogP contribution in [0.4, 0.5) is 11.4 Å². The molecule has 40 heavy (non-hydrogen) atoms. The van der Waals surface area contributed by atoms with Gasteiger partial charge in [0.15, 0.2) is 5.76 Å². The number of fused-ring (bicyclic) bond motifs is 3. The number of carbonyl (C=O) groups is 2. The van der Waals surface area contributed by atoms with Crippen LogP contribution < -0.4 is 10.6 Å². The first-order valence-corrected chi connectivity index (χ1v) is 14.0. The Morgan fingerprint density at radius 1 is 0.775 bits per heavy atom. The summed E-state index contributed by atoms with van der Waals surface area (Å²) in [6.45, 7) is 3.01. The van der Waals surface area contributed by atoms with Crippen molar-refractivity contribution in [1.29, 1.82) is 0 Å². The van der Waals surface area contributed by atoms with Crippen LogP contribution in [0, 0.1) is 0 Å². The van der Waals surface area contributed by atoms with Gasteiger partial charge in [-0.2, -0.15) is 0 Å². The molecule has 0 fully saturated rings. The second kappa shape index (κ2) is 11.2. The first kappa shape index (κ1) is 25.5. The third-order valence-electron chi connectivity index (χ3n) is 6.81. The Kier molecular flexibility index (Phi) is 7.12. The number of hydrogen-bond acceptors (Lipinski definition) is 4. The van der Waals surface area contributed by atoms with E-state index in [4.69, 9.17) is 4.42 Å². The van der Waals surface area contributed by atoms with Crippen molar-refractivity contribution in [2.24, 2.45) is 0 Å². The summed E-state index contributed by atoms with van der Waals surface area (Å²) < 4.78 is 7.45. The molecule has 0 aliphatic heterocycles. The van der Waals surface area contributed by atoms with E-state index in [1.165, 1.54) is 28.9 Å². The number of nitrogens with one attached hydrogen (secondary N) is 2. The number of benzene rings is 4. The van der Waals surface area contributed by atoms with Crippen molar-refractivity contribution < 1.29 is 14.0 Å². The summed E-state index contributed by atoms with van der Waals surface area (Å²) in [6, 6.07) is 34.9. The van der Waals surface area contributed by atoms with Gasteiger partial charge >= 0.3 is 0 Å². The molecule has 1 unspecified atom stereocenters. The van der Waals surface area contributed by atoms with Crippen LogP contribution in [0.5, 0.6) is 0 Å². The molecule has 0 radical (unpaired) electrons. The normalized spacial score (nSPS) is 11.9. The van der Waals surface area contributed by atoms with Crippen LogP contribution in [-0.2, 0) is 11.3 Å². The minimum Gasteiger partial charge on any atom is -0.459 e. The van der Waals surface area contributed by atoms with Crippen LogP contribution in [0.25, 0.3) is 21.8 Å². The molecule has 0 aliphatic rings. The van der Waals surface area contributed by atoms with Crippen molar-refractivity contribution in [3.05, 3.63) is 127 Å². The van der Waals surface area contributed by atoms with Gasteiger partial charge < -0.3 is 19.6 Å². The van der Waals surface area contributed by atoms with Gasteiger partial charge in [-0.15, -0.1) is 11.8 Å².